The molecule has 4 heteroatoms. The Kier molecular flexibility index (Phi) is 4.17. The number of nitrogens with two attached hydrogens (primary N) is 1. The maximum atomic E-state index is 13.2. The molecule has 2 rings (SSSR count). The van der Waals surface area contributed by atoms with Crippen LogP contribution in [0.4, 0.5) is 4.39 Å². The molecule has 1 aliphatic heterocycles. The zero-order valence-corrected chi connectivity index (χ0v) is 11.4. The second-order valence-electron chi connectivity index (χ2n) is 4.47. The van der Waals surface area contributed by atoms with Gasteiger partial charge in [0.1, 0.15) is 5.82 Å². The molecule has 17 heavy (non-hydrogen) atoms. The average molecular weight is 302 g/mol. The van der Waals surface area contributed by atoms with E-state index in [-0.39, 0.29) is 18.0 Å². The molecule has 0 spiro atoms. The first-order valence-electron chi connectivity index (χ1n) is 5.95. The molecule has 1 aromatic rings. The molecule has 2 nitrogen and oxygen atoms in total. The Labute approximate surface area is 109 Å². The predicted octanol–water partition coefficient (Wildman–Crippen LogP) is 3.40. The van der Waals surface area contributed by atoms with E-state index in [0.717, 1.165) is 25.0 Å². The zero-order valence-electron chi connectivity index (χ0n) is 9.83. The molecule has 94 valence electrons. The minimum absolute atomic E-state index is 0.0839. The van der Waals surface area contributed by atoms with E-state index in [1.54, 1.807) is 12.1 Å². The summed E-state index contributed by atoms with van der Waals surface area (Å²) >= 11 is 3.19. The minimum atomic E-state index is -0.254. The van der Waals surface area contributed by atoms with E-state index in [1.807, 2.05) is 0 Å². The van der Waals surface area contributed by atoms with Crippen molar-refractivity contribution in [3.8, 4) is 0 Å². The van der Waals surface area contributed by atoms with Crippen molar-refractivity contribution >= 4 is 15.9 Å². The second kappa shape index (κ2) is 5.46. The van der Waals surface area contributed by atoms with Gasteiger partial charge in [-0.05, 0) is 46.5 Å². The van der Waals surface area contributed by atoms with E-state index in [0.29, 0.717) is 10.4 Å². The van der Waals surface area contributed by atoms with Gasteiger partial charge in [-0.15, -0.1) is 0 Å². The van der Waals surface area contributed by atoms with Gasteiger partial charge in [-0.1, -0.05) is 13.0 Å². The summed E-state index contributed by atoms with van der Waals surface area (Å²) in [5, 5.41) is 0. The highest BCUT2D eigenvalue weighted by Crippen LogP contribution is 2.34. The smallest absolute Gasteiger partial charge is 0.137 e. The maximum absolute atomic E-state index is 13.2. The van der Waals surface area contributed by atoms with Crippen molar-refractivity contribution in [3.63, 3.8) is 0 Å². The molecule has 1 saturated heterocycles. The highest BCUT2D eigenvalue weighted by atomic mass is 79.9. The third-order valence-electron chi connectivity index (χ3n) is 3.45. The number of rotatable bonds is 3. The van der Waals surface area contributed by atoms with E-state index < -0.39 is 0 Å². The molecule has 0 bridgehead atoms. The Morgan fingerprint density at radius 3 is 3.00 bits per heavy atom. The maximum Gasteiger partial charge on any atom is 0.137 e. The molecule has 0 amide bonds. The van der Waals surface area contributed by atoms with Crippen LogP contribution >= 0.6 is 15.9 Å². The fourth-order valence-corrected chi connectivity index (χ4v) is 2.86. The Hall–Kier alpha value is -0.450. The van der Waals surface area contributed by atoms with E-state index >= 15 is 0 Å². The van der Waals surface area contributed by atoms with Crippen molar-refractivity contribution in [1.29, 1.82) is 0 Å². The summed E-state index contributed by atoms with van der Waals surface area (Å²) in [4.78, 5) is 0. The van der Waals surface area contributed by atoms with Crippen LogP contribution in [0.3, 0.4) is 0 Å². The molecule has 0 saturated carbocycles. The number of halogens is 2. The molecule has 1 heterocycles. The lowest BCUT2D eigenvalue weighted by Crippen LogP contribution is -2.28. The first kappa shape index (κ1) is 13.0. The van der Waals surface area contributed by atoms with Crippen LogP contribution in [0.15, 0.2) is 22.7 Å². The van der Waals surface area contributed by atoms with Gasteiger partial charge in [0.2, 0.25) is 0 Å². The summed E-state index contributed by atoms with van der Waals surface area (Å²) in [6.07, 6.45) is 2.18. The van der Waals surface area contributed by atoms with E-state index in [4.69, 9.17) is 10.5 Å². The summed E-state index contributed by atoms with van der Waals surface area (Å²) in [5.41, 5.74) is 7.23. The van der Waals surface area contributed by atoms with Gasteiger partial charge >= 0.3 is 0 Å². The van der Waals surface area contributed by atoms with Crippen molar-refractivity contribution in [3.05, 3.63) is 34.1 Å². The Morgan fingerprint density at radius 1 is 1.59 bits per heavy atom. The highest BCUT2D eigenvalue weighted by Gasteiger charge is 2.32. The molecule has 1 aliphatic rings. The predicted molar refractivity (Wildman–Crippen MR) is 69.2 cm³/mol. The number of hydrogen-bond donors (Lipinski definition) is 1. The van der Waals surface area contributed by atoms with Crippen molar-refractivity contribution < 1.29 is 9.13 Å². The molecular weight excluding hydrogens is 285 g/mol. The fraction of sp³-hybridized carbons (Fsp3) is 0.538. The molecule has 1 aromatic carbocycles. The van der Waals surface area contributed by atoms with Gasteiger partial charge in [0.25, 0.3) is 0 Å². The topological polar surface area (TPSA) is 35.2 Å². The molecule has 3 atom stereocenters. The van der Waals surface area contributed by atoms with Gasteiger partial charge in [0, 0.05) is 18.6 Å². The lowest BCUT2D eigenvalue weighted by atomic mass is 9.87. The van der Waals surface area contributed by atoms with E-state index in [9.17, 15) is 4.39 Å². The third kappa shape index (κ3) is 2.69. The Morgan fingerprint density at radius 2 is 2.35 bits per heavy atom. The molecule has 0 aliphatic carbocycles. The molecule has 1 fully saturated rings. The molecular formula is C13H17BrFNO. The van der Waals surface area contributed by atoms with Crippen LogP contribution in [0.5, 0.6) is 0 Å². The molecule has 2 N–H and O–H groups in total. The first-order chi connectivity index (χ1) is 8.13. The number of hydrogen-bond acceptors (Lipinski definition) is 2. The van der Waals surface area contributed by atoms with E-state index in [2.05, 4.69) is 22.9 Å². The quantitative estimate of drug-likeness (QED) is 0.928. The van der Waals surface area contributed by atoms with Crippen molar-refractivity contribution in [1.82, 2.24) is 0 Å². The first-order valence-corrected chi connectivity index (χ1v) is 6.75. The van der Waals surface area contributed by atoms with Crippen molar-refractivity contribution in [2.24, 2.45) is 11.7 Å². The van der Waals surface area contributed by atoms with Crippen LogP contribution < -0.4 is 5.73 Å². The van der Waals surface area contributed by atoms with Gasteiger partial charge in [0.15, 0.2) is 0 Å². The molecule has 3 unspecified atom stereocenters. The van der Waals surface area contributed by atoms with Gasteiger partial charge < -0.3 is 10.5 Å². The van der Waals surface area contributed by atoms with Crippen LogP contribution in [0.25, 0.3) is 0 Å². The zero-order chi connectivity index (χ0) is 12.4. The lowest BCUT2D eigenvalue weighted by Gasteiger charge is -2.24. The third-order valence-corrected chi connectivity index (χ3v) is 4.06. The van der Waals surface area contributed by atoms with Crippen LogP contribution in [-0.4, -0.2) is 12.7 Å². The summed E-state index contributed by atoms with van der Waals surface area (Å²) in [6, 6.07) is 4.90. The normalized spacial score (nSPS) is 26.1. The van der Waals surface area contributed by atoms with Crippen molar-refractivity contribution in [2.75, 3.05) is 6.61 Å². The van der Waals surface area contributed by atoms with Gasteiger partial charge in [-0.3, -0.25) is 0 Å². The standard InChI is InChI=1S/C13H17BrFNO/c1-2-12-9(5-6-17-12)13(16)8-3-4-11(15)10(14)7-8/h3-4,7,9,12-13H,2,5-6,16H2,1H3. The van der Waals surface area contributed by atoms with Gasteiger partial charge in [-0.25, -0.2) is 4.39 Å². The summed E-state index contributed by atoms with van der Waals surface area (Å²) in [7, 11) is 0. The van der Waals surface area contributed by atoms with Crippen LogP contribution in [-0.2, 0) is 4.74 Å². The van der Waals surface area contributed by atoms with Gasteiger partial charge in [-0.2, -0.15) is 0 Å². The number of benzene rings is 1. The second-order valence-corrected chi connectivity index (χ2v) is 5.32. The van der Waals surface area contributed by atoms with Crippen LogP contribution in [0.1, 0.15) is 31.4 Å². The summed E-state index contributed by atoms with van der Waals surface area (Å²) in [6.45, 7) is 2.88. The van der Waals surface area contributed by atoms with Crippen molar-refractivity contribution in [2.45, 2.75) is 31.9 Å². The SMILES string of the molecule is CCC1OCCC1C(N)c1ccc(F)c(Br)c1. The fourth-order valence-electron chi connectivity index (χ4n) is 2.46. The summed E-state index contributed by atoms with van der Waals surface area (Å²) < 4.78 is 19.3. The minimum Gasteiger partial charge on any atom is -0.378 e. The number of ether oxygens (including phenoxy) is 1. The molecule has 0 radical (unpaired) electrons. The molecule has 0 aromatic heterocycles. The van der Waals surface area contributed by atoms with Gasteiger partial charge in [0.05, 0.1) is 10.6 Å². The largest absolute Gasteiger partial charge is 0.378 e. The summed E-state index contributed by atoms with van der Waals surface area (Å²) in [5.74, 6) is 0.0769. The highest BCUT2D eigenvalue weighted by molar-refractivity contribution is 9.10. The monoisotopic (exact) mass is 301 g/mol. The van der Waals surface area contributed by atoms with Crippen LogP contribution in [0, 0.1) is 11.7 Å². The Bertz CT molecular complexity index is 399. The van der Waals surface area contributed by atoms with Crippen LogP contribution in [0.2, 0.25) is 0 Å². The van der Waals surface area contributed by atoms with E-state index in [1.165, 1.54) is 6.07 Å². The average Bonchev–Trinajstić information content (AvgIpc) is 2.80. The Balaban J connectivity index is 2.18. The lowest BCUT2D eigenvalue weighted by molar-refractivity contribution is 0.0813.